The minimum atomic E-state index is -0.212. The molecule has 2 N–H and O–H groups in total. The molecule has 0 fully saturated rings. The standard InChI is InChI=1S/C20H21FN4/c1-2-16-5-3-4-6-18(16)24-20-23-14-12-19(25-20)22-13-11-15-7-9-17(21)10-8-15/h3-10,12,14H,2,11,13H2,1H3,(H2,22,23,24,25). The molecule has 0 saturated heterocycles. The zero-order valence-electron chi connectivity index (χ0n) is 14.2. The van der Waals surface area contributed by atoms with Gasteiger partial charge in [0.25, 0.3) is 0 Å². The van der Waals surface area contributed by atoms with Crippen LogP contribution in [0.3, 0.4) is 0 Å². The van der Waals surface area contributed by atoms with E-state index < -0.39 is 0 Å². The van der Waals surface area contributed by atoms with Crippen LogP contribution in [-0.2, 0) is 12.8 Å². The summed E-state index contributed by atoms with van der Waals surface area (Å²) in [6.45, 7) is 2.84. The van der Waals surface area contributed by atoms with Crippen LogP contribution >= 0.6 is 0 Å². The summed E-state index contributed by atoms with van der Waals surface area (Å²) in [6, 6.07) is 16.5. The van der Waals surface area contributed by atoms with E-state index in [2.05, 4.69) is 33.6 Å². The summed E-state index contributed by atoms with van der Waals surface area (Å²) < 4.78 is 12.9. The Morgan fingerprint density at radius 3 is 2.60 bits per heavy atom. The fraction of sp³-hybridized carbons (Fsp3) is 0.200. The topological polar surface area (TPSA) is 49.8 Å². The molecule has 0 spiro atoms. The molecule has 4 nitrogen and oxygen atoms in total. The van der Waals surface area contributed by atoms with Crippen molar-refractivity contribution in [3.63, 3.8) is 0 Å². The molecule has 0 atom stereocenters. The number of benzene rings is 2. The fourth-order valence-electron chi connectivity index (χ4n) is 2.57. The number of nitrogens with zero attached hydrogens (tertiary/aromatic N) is 2. The number of para-hydroxylation sites is 1. The third kappa shape index (κ3) is 4.76. The molecule has 0 bridgehead atoms. The van der Waals surface area contributed by atoms with Gasteiger partial charge in [-0.3, -0.25) is 0 Å². The predicted molar refractivity (Wildman–Crippen MR) is 99.7 cm³/mol. The maximum Gasteiger partial charge on any atom is 0.229 e. The summed E-state index contributed by atoms with van der Waals surface area (Å²) >= 11 is 0. The van der Waals surface area contributed by atoms with Gasteiger partial charge in [-0.2, -0.15) is 4.98 Å². The van der Waals surface area contributed by atoms with E-state index in [1.54, 1.807) is 18.3 Å². The zero-order chi connectivity index (χ0) is 17.5. The Balaban J connectivity index is 1.60. The average Bonchev–Trinajstić information content (AvgIpc) is 2.64. The molecule has 25 heavy (non-hydrogen) atoms. The summed E-state index contributed by atoms with van der Waals surface area (Å²) in [5.74, 6) is 1.11. The van der Waals surface area contributed by atoms with Gasteiger partial charge in [-0.15, -0.1) is 0 Å². The van der Waals surface area contributed by atoms with E-state index in [0.29, 0.717) is 12.5 Å². The monoisotopic (exact) mass is 336 g/mol. The largest absolute Gasteiger partial charge is 0.370 e. The van der Waals surface area contributed by atoms with Crippen LogP contribution in [-0.4, -0.2) is 16.5 Å². The Morgan fingerprint density at radius 2 is 1.80 bits per heavy atom. The number of aryl methyl sites for hydroxylation is 1. The second-order valence-corrected chi connectivity index (χ2v) is 5.70. The SMILES string of the molecule is CCc1ccccc1Nc1nccc(NCCc2ccc(F)cc2)n1. The Bertz CT molecular complexity index is 818. The van der Waals surface area contributed by atoms with Crippen LogP contribution in [0.2, 0.25) is 0 Å². The van der Waals surface area contributed by atoms with E-state index in [0.717, 1.165) is 29.9 Å². The van der Waals surface area contributed by atoms with Gasteiger partial charge >= 0.3 is 0 Å². The quantitative estimate of drug-likeness (QED) is 0.663. The van der Waals surface area contributed by atoms with Crippen molar-refractivity contribution >= 4 is 17.5 Å². The summed E-state index contributed by atoms with van der Waals surface area (Å²) in [5.41, 5.74) is 3.33. The van der Waals surface area contributed by atoms with E-state index >= 15 is 0 Å². The Hall–Kier alpha value is -2.95. The van der Waals surface area contributed by atoms with Gasteiger partial charge < -0.3 is 10.6 Å². The van der Waals surface area contributed by atoms with Crippen LogP contribution in [0.5, 0.6) is 0 Å². The van der Waals surface area contributed by atoms with E-state index in [4.69, 9.17) is 0 Å². The third-order valence-electron chi connectivity index (χ3n) is 3.93. The highest BCUT2D eigenvalue weighted by molar-refractivity contribution is 5.59. The first-order valence-corrected chi connectivity index (χ1v) is 8.41. The summed E-state index contributed by atoms with van der Waals surface area (Å²) in [5, 5.41) is 6.55. The molecule has 3 aromatic rings. The van der Waals surface area contributed by atoms with Gasteiger partial charge in [-0.25, -0.2) is 9.37 Å². The van der Waals surface area contributed by atoms with Crippen molar-refractivity contribution in [3.8, 4) is 0 Å². The van der Waals surface area contributed by atoms with Crippen LogP contribution < -0.4 is 10.6 Å². The fourth-order valence-corrected chi connectivity index (χ4v) is 2.57. The number of aromatic nitrogens is 2. The van der Waals surface area contributed by atoms with Crippen molar-refractivity contribution in [3.05, 3.63) is 77.7 Å². The second-order valence-electron chi connectivity index (χ2n) is 5.70. The Morgan fingerprint density at radius 1 is 1.00 bits per heavy atom. The molecular formula is C20H21FN4. The van der Waals surface area contributed by atoms with E-state index in [1.165, 1.54) is 17.7 Å². The number of rotatable bonds is 7. The van der Waals surface area contributed by atoms with Gasteiger partial charge in [0, 0.05) is 18.4 Å². The summed E-state index contributed by atoms with van der Waals surface area (Å²) in [7, 11) is 0. The number of hydrogen-bond donors (Lipinski definition) is 2. The van der Waals surface area contributed by atoms with Gasteiger partial charge in [0.1, 0.15) is 11.6 Å². The Labute approximate surface area is 147 Å². The molecule has 2 aromatic carbocycles. The van der Waals surface area contributed by atoms with Gasteiger partial charge in [0.15, 0.2) is 0 Å². The van der Waals surface area contributed by atoms with Crippen molar-refractivity contribution < 1.29 is 4.39 Å². The second kappa shape index (κ2) is 8.24. The number of nitrogens with one attached hydrogen (secondary N) is 2. The lowest BCUT2D eigenvalue weighted by Gasteiger charge is -2.11. The molecular weight excluding hydrogens is 315 g/mol. The highest BCUT2D eigenvalue weighted by Gasteiger charge is 2.03. The van der Waals surface area contributed by atoms with Gasteiger partial charge in [-0.1, -0.05) is 37.3 Å². The van der Waals surface area contributed by atoms with Crippen LogP contribution in [0.1, 0.15) is 18.1 Å². The molecule has 1 heterocycles. The zero-order valence-corrected chi connectivity index (χ0v) is 14.2. The van der Waals surface area contributed by atoms with Crippen molar-refractivity contribution in [2.75, 3.05) is 17.2 Å². The van der Waals surface area contributed by atoms with Crippen molar-refractivity contribution in [2.24, 2.45) is 0 Å². The minimum absolute atomic E-state index is 0.212. The van der Waals surface area contributed by atoms with Gasteiger partial charge in [-0.05, 0) is 48.2 Å². The van der Waals surface area contributed by atoms with Crippen LogP contribution in [0, 0.1) is 5.82 Å². The minimum Gasteiger partial charge on any atom is -0.370 e. The first-order valence-electron chi connectivity index (χ1n) is 8.41. The highest BCUT2D eigenvalue weighted by Crippen LogP contribution is 2.19. The molecule has 0 aliphatic rings. The molecule has 0 saturated carbocycles. The molecule has 128 valence electrons. The van der Waals surface area contributed by atoms with E-state index in [9.17, 15) is 4.39 Å². The van der Waals surface area contributed by atoms with Crippen molar-refractivity contribution in [1.29, 1.82) is 0 Å². The summed E-state index contributed by atoms with van der Waals surface area (Å²) in [4.78, 5) is 8.78. The third-order valence-corrected chi connectivity index (χ3v) is 3.93. The smallest absolute Gasteiger partial charge is 0.229 e. The molecule has 3 rings (SSSR count). The maximum atomic E-state index is 12.9. The lowest BCUT2D eigenvalue weighted by atomic mass is 10.1. The van der Waals surface area contributed by atoms with E-state index in [-0.39, 0.29) is 5.82 Å². The number of anilines is 3. The van der Waals surface area contributed by atoms with Gasteiger partial charge in [0.2, 0.25) is 5.95 Å². The average molecular weight is 336 g/mol. The first-order chi connectivity index (χ1) is 12.2. The lowest BCUT2D eigenvalue weighted by molar-refractivity contribution is 0.627. The van der Waals surface area contributed by atoms with Crippen LogP contribution in [0.4, 0.5) is 21.8 Å². The molecule has 5 heteroatoms. The molecule has 0 radical (unpaired) electrons. The number of hydrogen-bond acceptors (Lipinski definition) is 4. The molecule has 0 unspecified atom stereocenters. The maximum absolute atomic E-state index is 12.9. The highest BCUT2D eigenvalue weighted by atomic mass is 19.1. The molecule has 0 amide bonds. The summed E-state index contributed by atoms with van der Waals surface area (Å²) in [6.07, 6.45) is 3.47. The molecule has 0 aliphatic heterocycles. The molecule has 1 aromatic heterocycles. The Kier molecular flexibility index (Phi) is 5.57. The van der Waals surface area contributed by atoms with E-state index in [1.807, 2.05) is 24.3 Å². The van der Waals surface area contributed by atoms with Crippen LogP contribution in [0.15, 0.2) is 60.8 Å². The van der Waals surface area contributed by atoms with Gasteiger partial charge in [0.05, 0.1) is 0 Å². The number of halogens is 1. The van der Waals surface area contributed by atoms with Crippen LogP contribution in [0.25, 0.3) is 0 Å². The molecule has 0 aliphatic carbocycles. The van der Waals surface area contributed by atoms with Crippen molar-refractivity contribution in [2.45, 2.75) is 19.8 Å². The first kappa shape index (κ1) is 16.9. The predicted octanol–water partition coefficient (Wildman–Crippen LogP) is 4.58. The normalized spacial score (nSPS) is 10.5. The van der Waals surface area contributed by atoms with Crippen molar-refractivity contribution in [1.82, 2.24) is 9.97 Å². The lowest BCUT2D eigenvalue weighted by Crippen LogP contribution is -2.08.